The molecule has 43 heavy (non-hydrogen) atoms. The first-order valence-electron chi connectivity index (χ1n) is 13.5. The second kappa shape index (κ2) is 13.9. The molecular weight excluding hydrogens is 610 g/mol. The molecule has 230 valence electrons. The predicted molar refractivity (Wildman–Crippen MR) is 156 cm³/mol. The van der Waals surface area contributed by atoms with Crippen LogP contribution in [0.2, 0.25) is 10.0 Å². The van der Waals surface area contributed by atoms with E-state index in [0.29, 0.717) is 35.1 Å². The first-order valence-corrected chi connectivity index (χ1v) is 14.3. The van der Waals surface area contributed by atoms with E-state index in [1.165, 1.54) is 0 Å². The summed E-state index contributed by atoms with van der Waals surface area (Å²) in [5, 5.41) is 11.6. The predicted octanol–water partition coefficient (Wildman–Crippen LogP) is 5.64. The van der Waals surface area contributed by atoms with Gasteiger partial charge in [-0.25, -0.2) is 4.79 Å². The maximum atomic E-state index is 13.8. The van der Waals surface area contributed by atoms with E-state index >= 15 is 0 Å². The van der Waals surface area contributed by atoms with Gasteiger partial charge in [0.15, 0.2) is 0 Å². The molecule has 0 radical (unpaired) electrons. The highest BCUT2D eigenvalue weighted by molar-refractivity contribution is 6.31. The molecule has 0 bridgehead atoms. The van der Waals surface area contributed by atoms with Crippen molar-refractivity contribution >= 4 is 46.7 Å². The normalized spacial score (nSPS) is 20.6. The molecule has 3 aliphatic rings. The van der Waals surface area contributed by atoms with Crippen LogP contribution in [0.1, 0.15) is 35.2 Å². The Kier molecular flexibility index (Phi) is 10.5. The number of carboxylic acid groups (broad SMARTS) is 1. The standard InChI is InChI=1S/C28H29Cl2N3O3.C2HF3O2/c29-22-7-4-20(5-8-22)27(35)32-17-21-6-9-23(30)16-25(21)33(26(34)18-32)19-28(12-2-1-3-13-28)36-24-10-14-31-15-11-24;3-2(4,5)1(6)7/h1-9,12,16,24,31H,10-11,13-15,17-19H2;(H,6,7). The molecule has 1 fully saturated rings. The minimum absolute atomic E-state index is 0.0449. The smallest absolute Gasteiger partial charge is 0.475 e. The lowest BCUT2D eigenvalue weighted by molar-refractivity contribution is -0.192. The number of rotatable bonds is 5. The number of amides is 2. The lowest BCUT2D eigenvalue weighted by Gasteiger charge is -2.40. The number of fused-ring (bicyclic) bond motifs is 1. The maximum absolute atomic E-state index is 13.8. The van der Waals surface area contributed by atoms with Crippen LogP contribution in [0.3, 0.4) is 0 Å². The molecule has 2 aliphatic heterocycles. The van der Waals surface area contributed by atoms with Gasteiger partial charge in [0, 0.05) is 28.6 Å². The number of aliphatic carboxylic acids is 1. The minimum atomic E-state index is -5.08. The highest BCUT2D eigenvalue weighted by Crippen LogP contribution is 2.34. The molecule has 2 aromatic rings. The molecule has 8 nitrogen and oxygen atoms in total. The zero-order valence-corrected chi connectivity index (χ0v) is 24.5. The Balaban J connectivity index is 0.000000541. The third-order valence-corrected chi connectivity index (χ3v) is 7.66. The number of carbonyl (C=O) groups excluding carboxylic acids is 2. The van der Waals surface area contributed by atoms with Gasteiger partial charge in [0.2, 0.25) is 5.91 Å². The van der Waals surface area contributed by atoms with Gasteiger partial charge in [0.25, 0.3) is 5.91 Å². The van der Waals surface area contributed by atoms with Crippen LogP contribution in [-0.4, -0.2) is 71.9 Å². The Morgan fingerprint density at radius 1 is 1.02 bits per heavy atom. The Morgan fingerprint density at radius 3 is 2.28 bits per heavy atom. The van der Waals surface area contributed by atoms with E-state index in [4.69, 9.17) is 37.8 Å². The molecule has 1 aliphatic carbocycles. The molecule has 2 heterocycles. The number of nitrogens with zero attached hydrogens (tertiary/aromatic N) is 2. The summed E-state index contributed by atoms with van der Waals surface area (Å²) in [4.78, 5) is 39.3. The van der Waals surface area contributed by atoms with Crippen LogP contribution in [0, 0.1) is 0 Å². The number of allylic oxidation sites excluding steroid dienone is 2. The van der Waals surface area contributed by atoms with Gasteiger partial charge in [0.1, 0.15) is 12.1 Å². The molecule has 2 N–H and O–H groups in total. The number of halogens is 5. The van der Waals surface area contributed by atoms with Crippen molar-refractivity contribution in [1.29, 1.82) is 0 Å². The topological polar surface area (TPSA) is 99.2 Å². The van der Waals surface area contributed by atoms with Crippen LogP contribution < -0.4 is 10.2 Å². The van der Waals surface area contributed by atoms with Gasteiger partial charge in [-0.2, -0.15) is 13.2 Å². The average molecular weight is 640 g/mol. The van der Waals surface area contributed by atoms with Crippen LogP contribution in [0.4, 0.5) is 18.9 Å². The zero-order chi connectivity index (χ0) is 31.2. The quantitative estimate of drug-likeness (QED) is 0.439. The third kappa shape index (κ3) is 8.60. The summed E-state index contributed by atoms with van der Waals surface area (Å²) in [5.74, 6) is -3.15. The number of alkyl halides is 3. The Labute approximate surface area is 256 Å². The monoisotopic (exact) mass is 639 g/mol. The van der Waals surface area contributed by atoms with Gasteiger partial charge in [-0.05, 0) is 67.9 Å². The molecule has 0 spiro atoms. The number of benzene rings is 2. The van der Waals surface area contributed by atoms with Crippen molar-refractivity contribution < 1.29 is 37.4 Å². The van der Waals surface area contributed by atoms with Crippen LogP contribution in [-0.2, 0) is 20.9 Å². The SMILES string of the molecule is O=C(O)C(F)(F)F.O=C(c1ccc(Cl)cc1)N1CC(=O)N(CC2(OC3CCNCC3)C=CC=CC2)c2cc(Cl)ccc2C1. The molecule has 0 aromatic heterocycles. The van der Waals surface area contributed by atoms with Crippen LogP contribution >= 0.6 is 23.2 Å². The number of carbonyl (C=O) groups is 3. The highest BCUT2D eigenvalue weighted by atomic mass is 35.5. The van der Waals surface area contributed by atoms with E-state index in [-0.39, 0.29) is 24.5 Å². The fourth-order valence-corrected chi connectivity index (χ4v) is 5.35. The molecule has 2 amide bonds. The van der Waals surface area contributed by atoms with Crippen molar-refractivity contribution in [2.75, 3.05) is 31.1 Å². The lowest BCUT2D eigenvalue weighted by Crippen LogP contribution is -2.51. The second-order valence-electron chi connectivity index (χ2n) is 10.3. The van der Waals surface area contributed by atoms with E-state index in [2.05, 4.69) is 17.5 Å². The van der Waals surface area contributed by atoms with Gasteiger partial charge in [-0.1, -0.05) is 53.6 Å². The van der Waals surface area contributed by atoms with Gasteiger partial charge >= 0.3 is 12.1 Å². The average Bonchev–Trinajstić information content (AvgIpc) is 3.10. The molecule has 2 aromatic carbocycles. The number of hydrogen-bond acceptors (Lipinski definition) is 5. The number of hydrogen-bond donors (Lipinski definition) is 2. The molecule has 0 saturated carbocycles. The Bertz CT molecular complexity index is 1390. The van der Waals surface area contributed by atoms with Crippen molar-refractivity contribution in [2.45, 2.75) is 43.7 Å². The van der Waals surface area contributed by atoms with Crippen LogP contribution in [0.25, 0.3) is 0 Å². The summed E-state index contributed by atoms with van der Waals surface area (Å²) in [7, 11) is 0. The molecule has 5 rings (SSSR count). The summed E-state index contributed by atoms with van der Waals surface area (Å²) >= 11 is 12.4. The molecule has 1 unspecified atom stereocenters. The van der Waals surface area contributed by atoms with Crippen LogP contribution in [0.5, 0.6) is 0 Å². The molecular formula is C30H30Cl2F3N3O5. The maximum Gasteiger partial charge on any atom is 0.490 e. The Hall–Kier alpha value is -3.38. The van der Waals surface area contributed by atoms with Gasteiger partial charge in [0.05, 0.1) is 18.3 Å². The van der Waals surface area contributed by atoms with Gasteiger partial charge in [-0.15, -0.1) is 0 Å². The molecule has 1 atom stereocenters. The summed E-state index contributed by atoms with van der Waals surface area (Å²) in [6, 6.07) is 12.2. The first kappa shape index (κ1) is 32.5. The summed E-state index contributed by atoms with van der Waals surface area (Å²) < 4.78 is 38.4. The van der Waals surface area contributed by atoms with Crippen molar-refractivity contribution in [1.82, 2.24) is 10.2 Å². The van der Waals surface area contributed by atoms with E-state index in [1.54, 1.807) is 40.1 Å². The Morgan fingerprint density at radius 2 is 1.67 bits per heavy atom. The minimum Gasteiger partial charge on any atom is -0.475 e. The number of ether oxygens (including phenoxy) is 1. The largest absolute Gasteiger partial charge is 0.490 e. The van der Waals surface area contributed by atoms with E-state index in [0.717, 1.165) is 37.2 Å². The third-order valence-electron chi connectivity index (χ3n) is 7.17. The van der Waals surface area contributed by atoms with Gasteiger partial charge < -0.3 is 25.0 Å². The highest BCUT2D eigenvalue weighted by Gasteiger charge is 2.39. The number of nitrogens with one attached hydrogen (secondary N) is 1. The second-order valence-corrected chi connectivity index (χ2v) is 11.2. The molecule has 13 heteroatoms. The van der Waals surface area contributed by atoms with Crippen molar-refractivity contribution in [3.05, 3.63) is 87.9 Å². The summed E-state index contributed by atoms with van der Waals surface area (Å²) in [6.07, 6.45) is 5.70. The summed E-state index contributed by atoms with van der Waals surface area (Å²) in [6.45, 7) is 2.43. The zero-order valence-electron chi connectivity index (χ0n) is 22.9. The summed E-state index contributed by atoms with van der Waals surface area (Å²) in [5.41, 5.74) is 1.42. The van der Waals surface area contributed by atoms with Crippen molar-refractivity contribution in [2.24, 2.45) is 0 Å². The van der Waals surface area contributed by atoms with Gasteiger partial charge in [-0.3, -0.25) is 9.59 Å². The fourth-order valence-electron chi connectivity index (χ4n) is 5.06. The lowest BCUT2D eigenvalue weighted by atomic mass is 9.92. The number of piperidine rings is 1. The van der Waals surface area contributed by atoms with Crippen LogP contribution in [0.15, 0.2) is 66.8 Å². The fraction of sp³-hybridized carbons (Fsp3) is 0.367. The first-order chi connectivity index (χ1) is 20.4. The van der Waals surface area contributed by atoms with Crippen molar-refractivity contribution in [3.63, 3.8) is 0 Å². The van der Waals surface area contributed by atoms with E-state index in [9.17, 15) is 22.8 Å². The number of anilines is 1. The molecule has 1 saturated heterocycles. The number of carboxylic acids is 1. The van der Waals surface area contributed by atoms with E-state index < -0.39 is 17.7 Å². The van der Waals surface area contributed by atoms with E-state index in [1.807, 2.05) is 24.3 Å². The van der Waals surface area contributed by atoms with Crippen molar-refractivity contribution in [3.8, 4) is 0 Å².